The Morgan fingerprint density at radius 1 is 1.12 bits per heavy atom. The maximum absolute atomic E-state index is 9.72. The first kappa shape index (κ1) is 11.6. The molecule has 1 unspecified atom stereocenters. The minimum atomic E-state index is 0.274. The Kier molecular flexibility index (Phi) is 3.76. The van der Waals surface area contributed by atoms with Gasteiger partial charge in [-0.2, -0.15) is 0 Å². The van der Waals surface area contributed by atoms with Crippen molar-refractivity contribution in [2.45, 2.75) is 25.7 Å². The van der Waals surface area contributed by atoms with E-state index in [0.717, 1.165) is 18.5 Å². The van der Waals surface area contributed by atoms with Crippen LogP contribution in [-0.2, 0) is 6.42 Å². The Balaban J connectivity index is 1.99. The highest BCUT2D eigenvalue weighted by molar-refractivity contribution is 5.28. The lowest BCUT2D eigenvalue weighted by molar-refractivity contribution is 0.455. The third kappa shape index (κ3) is 3.06. The molecule has 0 bridgehead atoms. The molecule has 2 aromatic rings. The highest BCUT2D eigenvalue weighted by atomic mass is 16.3. The summed E-state index contributed by atoms with van der Waals surface area (Å²) in [5, 5.41) is 9.72. The number of aromatic hydroxyl groups is 1. The van der Waals surface area contributed by atoms with Crippen LogP contribution in [0.1, 0.15) is 30.5 Å². The van der Waals surface area contributed by atoms with E-state index >= 15 is 0 Å². The summed E-state index contributed by atoms with van der Waals surface area (Å²) in [6.07, 6.45) is 3.74. The summed E-state index contributed by atoms with van der Waals surface area (Å²) < 4.78 is 0. The van der Waals surface area contributed by atoms with Crippen LogP contribution in [0.3, 0.4) is 0 Å². The smallest absolute Gasteiger partial charge is 0.137 e. The van der Waals surface area contributed by atoms with Gasteiger partial charge in [-0.15, -0.1) is 0 Å². The average molecular weight is 227 g/mol. The van der Waals surface area contributed by atoms with E-state index in [0.29, 0.717) is 5.75 Å². The van der Waals surface area contributed by atoms with Gasteiger partial charge in [-0.3, -0.25) is 4.98 Å². The predicted octanol–water partition coefficient (Wildman–Crippen LogP) is 3.52. The zero-order valence-corrected chi connectivity index (χ0v) is 10.0. The van der Waals surface area contributed by atoms with Crippen LogP contribution in [0.2, 0.25) is 0 Å². The lowest BCUT2D eigenvalue weighted by atomic mass is 9.97. The number of aromatic nitrogens is 1. The molecular weight excluding hydrogens is 210 g/mol. The number of hydrogen-bond acceptors (Lipinski definition) is 2. The summed E-state index contributed by atoms with van der Waals surface area (Å²) in [7, 11) is 0. The van der Waals surface area contributed by atoms with Crippen LogP contribution >= 0.6 is 0 Å². The van der Waals surface area contributed by atoms with E-state index in [4.69, 9.17) is 0 Å². The molecule has 0 aliphatic heterocycles. The zero-order valence-electron chi connectivity index (χ0n) is 10.0. The molecule has 2 rings (SSSR count). The van der Waals surface area contributed by atoms with Crippen molar-refractivity contribution in [2.75, 3.05) is 0 Å². The number of aryl methyl sites for hydroxylation is 1. The second-order valence-electron chi connectivity index (χ2n) is 4.33. The third-order valence-corrected chi connectivity index (χ3v) is 2.99. The van der Waals surface area contributed by atoms with Crippen molar-refractivity contribution in [1.82, 2.24) is 4.98 Å². The number of nitrogens with zero attached hydrogens (tertiary/aromatic N) is 1. The van der Waals surface area contributed by atoms with Crippen molar-refractivity contribution >= 4 is 0 Å². The van der Waals surface area contributed by atoms with Crippen LogP contribution in [0.15, 0.2) is 48.7 Å². The van der Waals surface area contributed by atoms with E-state index in [1.54, 1.807) is 18.3 Å². The van der Waals surface area contributed by atoms with Crippen LogP contribution in [0.4, 0.5) is 0 Å². The Labute approximate surface area is 102 Å². The van der Waals surface area contributed by atoms with Crippen LogP contribution in [-0.4, -0.2) is 10.1 Å². The van der Waals surface area contributed by atoms with E-state index in [9.17, 15) is 5.11 Å². The largest absolute Gasteiger partial charge is 0.506 e. The monoisotopic (exact) mass is 227 g/mol. The fourth-order valence-electron chi connectivity index (χ4n) is 1.95. The molecule has 1 N–H and O–H groups in total. The van der Waals surface area contributed by atoms with E-state index in [1.807, 2.05) is 6.07 Å². The Morgan fingerprint density at radius 2 is 1.88 bits per heavy atom. The summed E-state index contributed by atoms with van der Waals surface area (Å²) >= 11 is 0. The van der Waals surface area contributed by atoms with Gasteiger partial charge in [0.15, 0.2) is 0 Å². The molecule has 0 radical (unpaired) electrons. The molecule has 88 valence electrons. The first-order valence-electron chi connectivity index (χ1n) is 5.95. The molecule has 2 nitrogen and oxygen atoms in total. The molecule has 1 atom stereocenters. The van der Waals surface area contributed by atoms with Crippen LogP contribution in [0, 0.1) is 0 Å². The summed E-state index contributed by atoms with van der Waals surface area (Å²) in [6, 6.07) is 13.8. The Hall–Kier alpha value is -1.83. The second-order valence-corrected chi connectivity index (χ2v) is 4.33. The molecular formula is C15H17NO. The van der Waals surface area contributed by atoms with Gasteiger partial charge in [0, 0.05) is 12.1 Å². The van der Waals surface area contributed by atoms with Gasteiger partial charge in [-0.05, 0) is 30.5 Å². The minimum absolute atomic E-state index is 0.274. The molecule has 0 fully saturated rings. The molecule has 17 heavy (non-hydrogen) atoms. The van der Waals surface area contributed by atoms with Gasteiger partial charge in [0.05, 0.1) is 5.69 Å². The van der Waals surface area contributed by atoms with Gasteiger partial charge >= 0.3 is 0 Å². The fraction of sp³-hybridized carbons (Fsp3) is 0.267. The molecule has 1 aromatic heterocycles. The van der Waals surface area contributed by atoms with Gasteiger partial charge in [0.2, 0.25) is 0 Å². The predicted molar refractivity (Wildman–Crippen MR) is 69.1 cm³/mol. The van der Waals surface area contributed by atoms with Crippen molar-refractivity contribution in [3.63, 3.8) is 0 Å². The normalized spacial score (nSPS) is 12.3. The first-order valence-corrected chi connectivity index (χ1v) is 5.95. The van der Waals surface area contributed by atoms with Gasteiger partial charge in [-0.1, -0.05) is 37.3 Å². The maximum Gasteiger partial charge on any atom is 0.137 e. The number of rotatable bonds is 4. The van der Waals surface area contributed by atoms with Crippen molar-refractivity contribution < 1.29 is 5.11 Å². The second kappa shape index (κ2) is 5.48. The molecule has 0 saturated carbocycles. The highest BCUT2D eigenvalue weighted by Crippen LogP contribution is 2.26. The van der Waals surface area contributed by atoms with Crippen LogP contribution < -0.4 is 0 Å². The highest BCUT2D eigenvalue weighted by Gasteiger charge is 2.11. The van der Waals surface area contributed by atoms with Gasteiger partial charge < -0.3 is 5.11 Å². The molecule has 0 amide bonds. The van der Waals surface area contributed by atoms with Gasteiger partial charge in [0.1, 0.15) is 5.75 Å². The summed E-state index contributed by atoms with van der Waals surface area (Å²) in [6.45, 7) is 2.10. The maximum atomic E-state index is 9.72. The lowest BCUT2D eigenvalue weighted by Gasteiger charge is -2.12. The van der Waals surface area contributed by atoms with Crippen molar-refractivity contribution in [3.8, 4) is 5.75 Å². The number of hydrogen-bond donors (Lipinski definition) is 1. The zero-order chi connectivity index (χ0) is 12.1. The van der Waals surface area contributed by atoms with E-state index < -0.39 is 0 Å². The summed E-state index contributed by atoms with van der Waals surface area (Å²) in [4.78, 5) is 4.24. The van der Waals surface area contributed by atoms with Gasteiger partial charge in [-0.25, -0.2) is 0 Å². The quantitative estimate of drug-likeness (QED) is 0.866. The van der Waals surface area contributed by atoms with Gasteiger partial charge in [0.25, 0.3) is 0 Å². The summed E-state index contributed by atoms with van der Waals surface area (Å²) in [5.74, 6) is 0.574. The fourth-order valence-corrected chi connectivity index (χ4v) is 1.95. The molecule has 2 heteroatoms. The Bertz CT molecular complexity index is 467. The van der Waals surface area contributed by atoms with Crippen molar-refractivity contribution in [3.05, 3.63) is 59.9 Å². The number of pyridine rings is 1. The molecule has 0 spiro atoms. The topological polar surface area (TPSA) is 33.1 Å². The van der Waals surface area contributed by atoms with E-state index in [2.05, 4.69) is 36.2 Å². The van der Waals surface area contributed by atoms with Crippen molar-refractivity contribution in [2.24, 2.45) is 0 Å². The SMILES string of the molecule is CC(CCc1ccccc1)c1ncccc1O. The van der Waals surface area contributed by atoms with Crippen LogP contribution in [0.25, 0.3) is 0 Å². The number of benzene rings is 1. The Morgan fingerprint density at radius 3 is 2.59 bits per heavy atom. The van der Waals surface area contributed by atoms with E-state index in [-0.39, 0.29) is 5.92 Å². The van der Waals surface area contributed by atoms with E-state index in [1.165, 1.54) is 5.56 Å². The first-order chi connectivity index (χ1) is 8.27. The average Bonchev–Trinajstić information content (AvgIpc) is 2.38. The molecule has 0 aliphatic carbocycles. The summed E-state index contributed by atoms with van der Waals surface area (Å²) in [5.41, 5.74) is 2.12. The standard InChI is InChI=1S/C15H17NO/c1-12(15-14(17)8-5-11-16-15)9-10-13-6-3-2-4-7-13/h2-8,11-12,17H,9-10H2,1H3. The molecule has 0 saturated heterocycles. The van der Waals surface area contributed by atoms with Crippen LogP contribution in [0.5, 0.6) is 5.75 Å². The third-order valence-electron chi connectivity index (χ3n) is 2.99. The molecule has 0 aliphatic rings. The minimum Gasteiger partial charge on any atom is -0.506 e. The van der Waals surface area contributed by atoms with Crippen molar-refractivity contribution in [1.29, 1.82) is 0 Å². The molecule has 1 aromatic carbocycles. The lowest BCUT2D eigenvalue weighted by Crippen LogP contribution is -1.99. The molecule has 1 heterocycles.